The molecule has 0 unspecified atom stereocenters. The molecule has 0 saturated carbocycles. The number of carboxylic acid groups (broad SMARTS) is 1. The Hall–Kier alpha value is -1.51. The lowest BCUT2D eigenvalue weighted by atomic mass is 10.1. The first-order chi connectivity index (χ1) is 8.54. The van der Waals surface area contributed by atoms with Crippen LogP contribution in [0, 0.1) is 6.92 Å². The van der Waals surface area contributed by atoms with Crippen molar-refractivity contribution >= 4 is 5.97 Å². The zero-order valence-corrected chi connectivity index (χ0v) is 11.8. The zero-order chi connectivity index (χ0) is 14.0. The minimum absolute atomic E-state index is 0.00954. The average Bonchev–Trinajstić information content (AvgIpc) is 2.33. The highest BCUT2D eigenvalue weighted by molar-refractivity contribution is 5.71. The van der Waals surface area contributed by atoms with E-state index in [9.17, 15) is 4.79 Å². The van der Waals surface area contributed by atoms with Gasteiger partial charge in [0.25, 0.3) is 0 Å². The van der Waals surface area contributed by atoms with Gasteiger partial charge in [-0.3, -0.25) is 4.79 Å². The van der Waals surface area contributed by atoms with E-state index in [2.05, 4.69) is 13.8 Å². The van der Waals surface area contributed by atoms with Crippen LogP contribution in [0.2, 0.25) is 0 Å². The van der Waals surface area contributed by atoms with Crippen LogP contribution in [0.5, 0.6) is 5.75 Å². The summed E-state index contributed by atoms with van der Waals surface area (Å²) in [5.74, 6) is -0.162. The smallest absolute Gasteiger partial charge is 0.307 e. The Labute approximate surface area is 110 Å². The fourth-order valence-electron chi connectivity index (χ4n) is 1.26. The fourth-order valence-corrected chi connectivity index (χ4v) is 1.26. The van der Waals surface area contributed by atoms with Crippen LogP contribution in [-0.4, -0.2) is 17.7 Å². The molecule has 0 fully saturated rings. The molecule has 1 rings (SSSR count). The van der Waals surface area contributed by atoms with Crippen molar-refractivity contribution < 1.29 is 14.6 Å². The SMILES string of the molecule is CCCC.CCOc1cc(C)ccc1CC(=O)O. The number of hydrogen-bond donors (Lipinski definition) is 1. The van der Waals surface area contributed by atoms with Gasteiger partial charge in [0.05, 0.1) is 13.0 Å². The van der Waals surface area contributed by atoms with Crippen LogP contribution in [0.3, 0.4) is 0 Å². The molecule has 3 nitrogen and oxygen atoms in total. The van der Waals surface area contributed by atoms with Gasteiger partial charge >= 0.3 is 5.97 Å². The van der Waals surface area contributed by atoms with Gasteiger partial charge in [-0.2, -0.15) is 0 Å². The molecule has 18 heavy (non-hydrogen) atoms. The highest BCUT2D eigenvalue weighted by Gasteiger charge is 2.07. The van der Waals surface area contributed by atoms with E-state index < -0.39 is 5.97 Å². The van der Waals surface area contributed by atoms with Gasteiger partial charge < -0.3 is 9.84 Å². The van der Waals surface area contributed by atoms with Gasteiger partial charge in [-0.05, 0) is 25.5 Å². The fraction of sp³-hybridized carbons (Fsp3) is 0.533. The monoisotopic (exact) mass is 252 g/mol. The minimum atomic E-state index is -0.838. The van der Waals surface area contributed by atoms with Crippen LogP contribution in [-0.2, 0) is 11.2 Å². The normalized spacial score (nSPS) is 9.33. The average molecular weight is 252 g/mol. The number of carbonyl (C=O) groups is 1. The van der Waals surface area contributed by atoms with Crippen LogP contribution in [0.25, 0.3) is 0 Å². The third-order valence-electron chi connectivity index (χ3n) is 2.36. The predicted octanol–water partition coefficient (Wildman–Crippen LogP) is 3.83. The third-order valence-corrected chi connectivity index (χ3v) is 2.36. The van der Waals surface area contributed by atoms with Gasteiger partial charge in [0, 0.05) is 5.56 Å². The highest BCUT2D eigenvalue weighted by Crippen LogP contribution is 2.20. The van der Waals surface area contributed by atoms with Gasteiger partial charge in [0.2, 0.25) is 0 Å². The van der Waals surface area contributed by atoms with Crippen LogP contribution in [0.4, 0.5) is 0 Å². The summed E-state index contributed by atoms with van der Waals surface area (Å²) < 4.78 is 5.36. The summed E-state index contributed by atoms with van der Waals surface area (Å²) in [5.41, 5.74) is 1.80. The molecule has 0 spiro atoms. The molecule has 0 heterocycles. The molecule has 1 aromatic carbocycles. The van der Waals surface area contributed by atoms with Crippen molar-refractivity contribution in [3.63, 3.8) is 0 Å². The Morgan fingerprint density at radius 2 is 1.83 bits per heavy atom. The lowest BCUT2D eigenvalue weighted by Gasteiger charge is -2.09. The Morgan fingerprint density at radius 1 is 1.22 bits per heavy atom. The van der Waals surface area contributed by atoms with Crippen molar-refractivity contribution in [3.8, 4) is 5.75 Å². The lowest BCUT2D eigenvalue weighted by molar-refractivity contribution is -0.136. The molecule has 0 aliphatic carbocycles. The molecule has 0 saturated heterocycles. The zero-order valence-electron chi connectivity index (χ0n) is 11.8. The Morgan fingerprint density at radius 3 is 2.28 bits per heavy atom. The molecule has 102 valence electrons. The summed E-state index contributed by atoms with van der Waals surface area (Å²) >= 11 is 0. The van der Waals surface area contributed by atoms with Crippen molar-refractivity contribution in [1.29, 1.82) is 0 Å². The summed E-state index contributed by atoms with van der Waals surface area (Å²) in [4.78, 5) is 10.6. The number of aryl methyl sites for hydroxylation is 1. The Bertz CT molecular complexity index is 357. The number of unbranched alkanes of at least 4 members (excludes halogenated alkanes) is 1. The molecule has 0 amide bonds. The molecule has 3 heteroatoms. The number of benzene rings is 1. The number of aliphatic carboxylic acids is 1. The summed E-state index contributed by atoms with van der Waals surface area (Å²) in [7, 11) is 0. The maximum Gasteiger partial charge on any atom is 0.307 e. The highest BCUT2D eigenvalue weighted by atomic mass is 16.5. The maximum atomic E-state index is 10.6. The van der Waals surface area contributed by atoms with Crippen molar-refractivity contribution in [2.24, 2.45) is 0 Å². The second-order valence-corrected chi connectivity index (χ2v) is 4.11. The number of ether oxygens (including phenoxy) is 1. The van der Waals surface area contributed by atoms with E-state index in [1.54, 1.807) is 6.07 Å². The van der Waals surface area contributed by atoms with Crippen molar-refractivity contribution in [2.75, 3.05) is 6.61 Å². The van der Waals surface area contributed by atoms with Gasteiger partial charge in [-0.25, -0.2) is 0 Å². The standard InChI is InChI=1S/C11H14O3.C4H10/c1-3-14-10-6-8(2)4-5-9(10)7-11(12)13;1-3-4-2/h4-6H,3,7H2,1-2H3,(H,12,13);3-4H2,1-2H3. The van der Waals surface area contributed by atoms with Gasteiger partial charge in [-0.1, -0.05) is 38.8 Å². The molecule has 0 aliphatic heterocycles. The largest absolute Gasteiger partial charge is 0.494 e. The minimum Gasteiger partial charge on any atom is -0.494 e. The molecule has 0 radical (unpaired) electrons. The van der Waals surface area contributed by atoms with E-state index in [1.807, 2.05) is 26.0 Å². The van der Waals surface area contributed by atoms with E-state index >= 15 is 0 Å². The molecular formula is C15H24O3. The molecule has 1 aromatic rings. The number of rotatable bonds is 5. The molecule has 0 atom stereocenters. The van der Waals surface area contributed by atoms with E-state index in [-0.39, 0.29) is 6.42 Å². The third kappa shape index (κ3) is 6.94. The molecular weight excluding hydrogens is 228 g/mol. The van der Waals surface area contributed by atoms with Gasteiger partial charge in [0.15, 0.2) is 0 Å². The summed E-state index contributed by atoms with van der Waals surface area (Å²) in [6.45, 7) is 8.75. The number of carboxylic acids is 1. The van der Waals surface area contributed by atoms with Crippen LogP contribution in [0.1, 0.15) is 44.7 Å². The predicted molar refractivity (Wildman–Crippen MR) is 74.3 cm³/mol. The van der Waals surface area contributed by atoms with Crippen LogP contribution < -0.4 is 4.74 Å². The first-order valence-corrected chi connectivity index (χ1v) is 6.49. The first kappa shape index (κ1) is 16.5. The maximum absolute atomic E-state index is 10.6. The molecule has 1 N–H and O–H groups in total. The summed E-state index contributed by atoms with van der Waals surface area (Å²) in [6.07, 6.45) is 2.65. The van der Waals surface area contributed by atoms with E-state index in [1.165, 1.54) is 12.8 Å². The van der Waals surface area contributed by atoms with E-state index in [4.69, 9.17) is 9.84 Å². The summed E-state index contributed by atoms with van der Waals surface area (Å²) in [6, 6.07) is 5.55. The summed E-state index contributed by atoms with van der Waals surface area (Å²) in [5, 5.41) is 8.67. The van der Waals surface area contributed by atoms with E-state index in [0.717, 1.165) is 11.1 Å². The second kappa shape index (κ2) is 9.51. The van der Waals surface area contributed by atoms with Crippen molar-refractivity contribution in [2.45, 2.75) is 47.0 Å². The number of hydrogen-bond acceptors (Lipinski definition) is 2. The molecule has 0 aromatic heterocycles. The Kier molecular flexibility index (Phi) is 8.71. The van der Waals surface area contributed by atoms with Crippen molar-refractivity contribution in [3.05, 3.63) is 29.3 Å². The van der Waals surface area contributed by atoms with Crippen LogP contribution in [0.15, 0.2) is 18.2 Å². The second-order valence-electron chi connectivity index (χ2n) is 4.11. The van der Waals surface area contributed by atoms with E-state index in [0.29, 0.717) is 12.4 Å². The topological polar surface area (TPSA) is 46.5 Å². The first-order valence-electron chi connectivity index (χ1n) is 6.49. The van der Waals surface area contributed by atoms with Crippen molar-refractivity contribution in [1.82, 2.24) is 0 Å². The Balaban J connectivity index is 0.000000631. The van der Waals surface area contributed by atoms with Crippen LogP contribution >= 0.6 is 0 Å². The molecule has 0 aliphatic rings. The lowest BCUT2D eigenvalue weighted by Crippen LogP contribution is -2.03. The molecule has 0 bridgehead atoms. The van der Waals surface area contributed by atoms with Gasteiger partial charge in [0.1, 0.15) is 5.75 Å². The van der Waals surface area contributed by atoms with Gasteiger partial charge in [-0.15, -0.1) is 0 Å². The quantitative estimate of drug-likeness (QED) is 0.866.